The number of benzene rings is 1. The molecule has 4 rings (SSSR count). The number of carbonyl (C=O) groups is 1. The molecule has 0 unspecified atom stereocenters. The van der Waals surface area contributed by atoms with Gasteiger partial charge in [0.2, 0.25) is 0 Å². The fourth-order valence-corrected chi connectivity index (χ4v) is 3.20. The summed E-state index contributed by atoms with van der Waals surface area (Å²) in [6, 6.07) is 7.28. The van der Waals surface area contributed by atoms with Crippen molar-refractivity contribution in [2.24, 2.45) is 7.05 Å². The van der Waals surface area contributed by atoms with Gasteiger partial charge in [0.1, 0.15) is 12.4 Å². The molecule has 0 radical (unpaired) electrons. The van der Waals surface area contributed by atoms with Gasteiger partial charge >= 0.3 is 6.03 Å². The summed E-state index contributed by atoms with van der Waals surface area (Å²) in [5, 5.41) is 10.2. The Balaban J connectivity index is 1.33. The number of carbonyl (C=O) groups excluding carboxylic acids is 1. The van der Waals surface area contributed by atoms with Crippen molar-refractivity contribution in [3.63, 3.8) is 0 Å². The summed E-state index contributed by atoms with van der Waals surface area (Å²) in [6.07, 6.45) is 2.85. The third kappa shape index (κ3) is 2.77. The van der Waals surface area contributed by atoms with Crippen LogP contribution in [-0.2, 0) is 19.9 Å². The number of anilines is 1. The van der Waals surface area contributed by atoms with Crippen LogP contribution in [-0.4, -0.2) is 35.1 Å². The maximum atomic E-state index is 12.2. The minimum absolute atomic E-state index is 0.206. The molecule has 1 aromatic heterocycles. The molecule has 2 heterocycles. The van der Waals surface area contributed by atoms with Crippen molar-refractivity contribution < 1.29 is 14.3 Å². The van der Waals surface area contributed by atoms with Crippen molar-refractivity contribution in [3.8, 4) is 11.5 Å². The van der Waals surface area contributed by atoms with Gasteiger partial charge in [-0.1, -0.05) is 12.1 Å². The molecule has 1 aliphatic carbocycles. The van der Waals surface area contributed by atoms with E-state index >= 15 is 0 Å². The third-order valence-corrected chi connectivity index (χ3v) is 4.36. The fourth-order valence-electron chi connectivity index (χ4n) is 3.20. The highest BCUT2D eigenvalue weighted by molar-refractivity contribution is 5.89. The molecule has 2 aliphatic rings. The highest BCUT2D eigenvalue weighted by Gasteiger charge is 2.24. The number of aromatic nitrogens is 2. The van der Waals surface area contributed by atoms with E-state index in [2.05, 4.69) is 15.7 Å². The topological polar surface area (TPSA) is 77.4 Å². The van der Waals surface area contributed by atoms with E-state index in [0.29, 0.717) is 18.9 Å². The first-order valence-electron chi connectivity index (χ1n) is 8.19. The van der Waals surface area contributed by atoms with Gasteiger partial charge in [0.25, 0.3) is 0 Å². The molecule has 0 saturated heterocycles. The van der Waals surface area contributed by atoms with Crippen LogP contribution in [0.3, 0.4) is 0 Å². The minimum Gasteiger partial charge on any atom is -0.486 e. The molecule has 7 heteroatoms. The molecule has 1 aromatic carbocycles. The van der Waals surface area contributed by atoms with E-state index < -0.39 is 0 Å². The Morgan fingerprint density at radius 1 is 1.33 bits per heavy atom. The number of ether oxygens (including phenoxy) is 2. The molecule has 2 amide bonds. The predicted molar refractivity (Wildman–Crippen MR) is 88.6 cm³/mol. The fraction of sp³-hybridized carbons (Fsp3) is 0.412. The Labute approximate surface area is 139 Å². The Morgan fingerprint density at radius 3 is 3.04 bits per heavy atom. The SMILES string of the molecule is Cn1nc2c(c1NC(=O)NC[C@H]1COc3ccccc3O1)CCC2. The average Bonchev–Trinajstić information content (AvgIpc) is 3.15. The first-order chi connectivity index (χ1) is 11.7. The largest absolute Gasteiger partial charge is 0.486 e. The Bertz CT molecular complexity index is 771. The van der Waals surface area contributed by atoms with Crippen LogP contribution in [0.1, 0.15) is 17.7 Å². The normalized spacial score (nSPS) is 18.1. The van der Waals surface area contributed by atoms with E-state index in [1.54, 1.807) is 4.68 Å². The van der Waals surface area contributed by atoms with Crippen LogP contribution in [0.25, 0.3) is 0 Å². The molecule has 24 heavy (non-hydrogen) atoms. The Hall–Kier alpha value is -2.70. The number of urea groups is 1. The third-order valence-electron chi connectivity index (χ3n) is 4.36. The van der Waals surface area contributed by atoms with E-state index in [1.807, 2.05) is 31.3 Å². The number of fused-ring (bicyclic) bond motifs is 2. The molecule has 0 saturated carbocycles. The molecule has 0 spiro atoms. The predicted octanol–water partition coefficient (Wildman–Crippen LogP) is 1.87. The van der Waals surface area contributed by atoms with Gasteiger partial charge in [-0.15, -0.1) is 0 Å². The molecule has 0 bridgehead atoms. The summed E-state index contributed by atoms with van der Waals surface area (Å²) in [4.78, 5) is 12.2. The molecule has 1 aliphatic heterocycles. The molecule has 126 valence electrons. The van der Waals surface area contributed by atoms with E-state index in [1.165, 1.54) is 0 Å². The van der Waals surface area contributed by atoms with Gasteiger partial charge in [-0.3, -0.25) is 10.00 Å². The molecule has 2 N–H and O–H groups in total. The number of hydrogen-bond donors (Lipinski definition) is 2. The van der Waals surface area contributed by atoms with Gasteiger partial charge in [-0.25, -0.2) is 4.79 Å². The molecular weight excluding hydrogens is 308 g/mol. The standard InChI is InChI=1S/C17H20N4O3/c1-21-16(12-5-4-6-13(12)20-21)19-17(22)18-9-11-10-23-14-7-2-3-8-15(14)24-11/h2-3,7-8,11H,4-6,9-10H2,1H3,(H2,18,19,22)/t11-/m0/s1. The summed E-state index contributed by atoms with van der Waals surface area (Å²) >= 11 is 0. The first-order valence-corrected chi connectivity index (χ1v) is 8.19. The smallest absolute Gasteiger partial charge is 0.320 e. The zero-order valence-corrected chi connectivity index (χ0v) is 13.5. The van der Waals surface area contributed by atoms with Gasteiger partial charge in [0.05, 0.1) is 12.2 Å². The number of rotatable bonds is 3. The number of nitrogens with one attached hydrogen (secondary N) is 2. The van der Waals surface area contributed by atoms with Gasteiger partial charge in [0, 0.05) is 12.6 Å². The van der Waals surface area contributed by atoms with Crippen molar-refractivity contribution in [1.29, 1.82) is 0 Å². The molecule has 7 nitrogen and oxygen atoms in total. The number of hydrogen-bond acceptors (Lipinski definition) is 4. The van der Waals surface area contributed by atoms with Crippen LogP contribution in [0, 0.1) is 0 Å². The van der Waals surface area contributed by atoms with Crippen molar-refractivity contribution in [2.45, 2.75) is 25.4 Å². The van der Waals surface area contributed by atoms with E-state index in [-0.39, 0.29) is 12.1 Å². The second-order valence-electron chi connectivity index (χ2n) is 6.08. The first kappa shape index (κ1) is 14.9. The van der Waals surface area contributed by atoms with Gasteiger partial charge in [-0.2, -0.15) is 5.10 Å². The summed E-state index contributed by atoms with van der Waals surface area (Å²) in [6.45, 7) is 0.790. The van der Waals surface area contributed by atoms with E-state index in [0.717, 1.165) is 42.1 Å². The number of aryl methyl sites for hydroxylation is 2. The summed E-state index contributed by atoms with van der Waals surface area (Å²) in [5.41, 5.74) is 2.24. The van der Waals surface area contributed by atoms with Crippen LogP contribution in [0.2, 0.25) is 0 Å². The van der Waals surface area contributed by atoms with Crippen molar-refractivity contribution in [2.75, 3.05) is 18.5 Å². The Morgan fingerprint density at radius 2 is 2.17 bits per heavy atom. The maximum absolute atomic E-state index is 12.2. The molecular formula is C17H20N4O3. The van der Waals surface area contributed by atoms with Gasteiger partial charge in [-0.05, 0) is 31.4 Å². The molecule has 0 fully saturated rings. The minimum atomic E-state index is -0.254. The lowest BCUT2D eigenvalue weighted by molar-refractivity contribution is 0.0922. The van der Waals surface area contributed by atoms with Crippen LogP contribution in [0.4, 0.5) is 10.6 Å². The zero-order chi connectivity index (χ0) is 16.5. The second kappa shape index (κ2) is 6.07. The van der Waals surface area contributed by atoms with Crippen molar-refractivity contribution in [1.82, 2.24) is 15.1 Å². The number of para-hydroxylation sites is 2. The van der Waals surface area contributed by atoms with Crippen LogP contribution in [0.15, 0.2) is 24.3 Å². The summed E-state index contributed by atoms with van der Waals surface area (Å²) in [5.74, 6) is 2.23. The summed E-state index contributed by atoms with van der Waals surface area (Å²) in [7, 11) is 1.85. The average molecular weight is 328 g/mol. The maximum Gasteiger partial charge on any atom is 0.320 e. The lowest BCUT2D eigenvalue weighted by Gasteiger charge is -2.26. The molecule has 1 atom stereocenters. The lowest BCUT2D eigenvalue weighted by atomic mass is 10.2. The monoisotopic (exact) mass is 328 g/mol. The highest BCUT2D eigenvalue weighted by atomic mass is 16.6. The highest BCUT2D eigenvalue weighted by Crippen LogP contribution is 2.31. The quantitative estimate of drug-likeness (QED) is 0.902. The Kier molecular flexibility index (Phi) is 3.76. The number of amides is 2. The van der Waals surface area contributed by atoms with Crippen LogP contribution >= 0.6 is 0 Å². The molecule has 2 aromatic rings. The zero-order valence-electron chi connectivity index (χ0n) is 13.5. The lowest BCUT2D eigenvalue weighted by Crippen LogP contribution is -2.42. The van der Waals surface area contributed by atoms with Crippen LogP contribution in [0.5, 0.6) is 11.5 Å². The van der Waals surface area contributed by atoms with Crippen LogP contribution < -0.4 is 20.1 Å². The van der Waals surface area contributed by atoms with Gasteiger partial charge < -0.3 is 14.8 Å². The van der Waals surface area contributed by atoms with E-state index in [9.17, 15) is 4.79 Å². The summed E-state index contributed by atoms with van der Waals surface area (Å²) < 4.78 is 13.2. The van der Waals surface area contributed by atoms with Crippen molar-refractivity contribution in [3.05, 3.63) is 35.5 Å². The second-order valence-corrected chi connectivity index (χ2v) is 6.08. The number of nitrogens with zero attached hydrogens (tertiary/aromatic N) is 2. The van der Waals surface area contributed by atoms with E-state index in [4.69, 9.17) is 9.47 Å². The van der Waals surface area contributed by atoms with Crippen molar-refractivity contribution >= 4 is 11.8 Å². The van der Waals surface area contributed by atoms with Gasteiger partial charge in [0.15, 0.2) is 17.6 Å².